The zero-order valence-electron chi connectivity index (χ0n) is 5.84. The molecule has 0 unspecified atom stereocenters. The second-order valence-corrected chi connectivity index (χ2v) is 2.45. The lowest BCUT2D eigenvalue weighted by molar-refractivity contribution is -0.139. The lowest BCUT2D eigenvalue weighted by Crippen LogP contribution is -2.23. The first-order chi connectivity index (χ1) is 5.62. The Morgan fingerprint density at radius 2 is 2.25 bits per heavy atom. The summed E-state index contributed by atoms with van der Waals surface area (Å²) in [6, 6.07) is 1.34. The summed E-state index contributed by atoms with van der Waals surface area (Å²) in [6.07, 6.45) is 2.34. The quantitative estimate of drug-likeness (QED) is 0.634. The number of nitrogens with zero attached hydrogens (tertiary/aromatic N) is 1. The van der Waals surface area contributed by atoms with Crippen LogP contribution in [0.25, 0.3) is 0 Å². The molecule has 1 amide bonds. The van der Waals surface area contributed by atoms with Gasteiger partial charge in [0.1, 0.15) is 0 Å². The third-order valence-corrected chi connectivity index (χ3v) is 1.69. The number of hydrogen-bond donors (Lipinski definition) is 1. The van der Waals surface area contributed by atoms with Crippen molar-refractivity contribution in [1.82, 2.24) is 4.98 Å². The lowest BCUT2D eigenvalue weighted by atomic mass is 10.2. The van der Waals surface area contributed by atoms with Gasteiger partial charge in [-0.15, -0.1) is 0 Å². The molecular formula is C7H4F2N2O. The molecule has 1 aromatic heterocycles. The minimum absolute atomic E-state index is 0.139. The number of halogens is 2. The maximum atomic E-state index is 12.9. The van der Waals surface area contributed by atoms with Crippen molar-refractivity contribution < 1.29 is 13.6 Å². The first kappa shape index (κ1) is 7.15. The van der Waals surface area contributed by atoms with Gasteiger partial charge in [0.05, 0.1) is 11.3 Å². The number of anilines is 1. The molecule has 3 nitrogen and oxygen atoms in total. The van der Waals surface area contributed by atoms with E-state index in [4.69, 9.17) is 0 Å². The predicted octanol–water partition coefficient (Wildman–Crippen LogP) is 1.13. The van der Waals surface area contributed by atoms with Crippen LogP contribution < -0.4 is 5.32 Å². The van der Waals surface area contributed by atoms with Gasteiger partial charge in [-0.2, -0.15) is 8.78 Å². The molecule has 0 radical (unpaired) electrons. The van der Waals surface area contributed by atoms with Crippen LogP contribution in [0.5, 0.6) is 0 Å². The van der Waals surface area contributed by atoms with E-state index in [0.717, 1.165) is 6.20 Å². The van der Waals surface area contributed by atoms with Gasteiger partial charge in [0, 0.05) is 12.4 Å². The van der Waals surface area contributed by atoms with Gasteiger partial charge in [-0.1, -0.05) is 0 Å². The molecule has 0 fully saturated rings. The van der Waals surface area contributed by atoms with Gasteiger partial charge in [-0.25, -0.2) is 0 Å². The number of amides is 1. The first-order valence-electron chi connectivity index (χ1n) is 3.26. The van der Waals surface area contributed by atoms with E-state index >= 15 is 0 Å². The van der Waals surface area contributed by atoms with Gasteiger partial charge in [0.25, 0.3) is 5.91 Å². The van der Waals surface area contributed by atoms with Gasteiger partial charge in [-0.05, 0) is 6.07 Å². The number of pyridine rings is 1. The minimum Gasteiger partial charge on any atom is -0.320 e. The Morgan fingerprint density at radius 3 is 2.92 bits per heavy atom. The Hall–Kier alpha value is -1.52. The van der Waals surface area contributed by atoms with Gasteiger partial charge in [0.2, 0.25) is 0 Å². The largest absolute Gasteiger partial charge is 0.353 e. The van der Waals surface area contributed by atoms with Gasteiger partial charge >= 0.3 is 5.92 Å². The maximum Gasteiger partial charge on any atom is 0.353 e. The molecule has 1 N–H and O–H groups in total. The molecule has 1 aliphatic heterocycles. The summed E-state index contributed by atoms with van der Waals surface area (Å²) in [6.45, 7) is 0. The Morgan fingerprint density at radius 1 is 1.50 bits per heavy atom. The molecule has 1 aliphatic rings. The highest BCUT2D eigenvalue weighted by Gasteiger charge is 2.48. The zero-order chi connectivity index (χ0) is 8.77. The summed E-state index contributed by atoms with van der Waals surface area (Å²) in [5.74, 6) is -4.71. The Bertz CT molecular complexity index is 351. The average molecular weight is 170 g/mol. The number of alkyl halides is 2. The molecule has 0 bridgehead atoms. The third-order valence-electron chi connectivity index (χ3n) is 1.69. The zero-order valence-corrected chi connectivity index (χ0v) is 5.84. The Labute approximate surface area is 66.4 Å². The molecule has 0 saturated heterocycles. The van der Waals surface area contributed by atoms with Gasteiger partial charge < -0.3 is 5.32 Å². The van der Waals surface area contributed by atoms with Gasteiger partial charge in [-0.3, -0.25) is 9.78 Å². The topological polar surface area (TPSA) is 42.0 Å². The highest BCUT2D eigenvalue weighted by Crippen LogP contribution is 2.39. The third kappa shape index (κ3) is 0.731. The second-order valence-electron chi connectivity index (χ2n) is 2.45. The fourth-order valence-electron chi connectivity index (χ4n) is 1.08. The van der Waals surface area contributed by atoms with E-state index in [1.807, 2.05) is 0 Å². The molecule has 0 aliphatic carbocycles. The first-order valence-corrected chi connectivity index (χ1v) is 3.26. The highest BCUT2D eigenvalue weighted by molar-refractivity contribution is 6.03. The fraction of sp³-hybridized carbons (Fsp3) is 0.143. The highest BCUT2D eigenvalue weighted by atomic mass is 19.3. The summed E-state index contributed by atoms with van der Waals surface area (Å²) in [5.41, 5.74) is -0.213. The number of carbonyl (C=O) groups excluding carboxylic acids is 1. The Balaban J connectivity index is 2.63. The number of hydrogen-bond acceptors (Lipinski definition) is 2. The van der Waals surface area contributed by atoms with Crippen molar-refractivity contribution in [3.8, 4) is 0 Å². The number of fused-ring (bicyclic) bond motifs is 1. The number of aromatic nitrogens is 1. The van der Waals surface area contributed by atoms with E-state index in [0.29, 0.717) is 0 Å². The summed E-state index contributed by atoms with van der Waals surface area (Å²) in [4.78, 5) is 14.2. The van der Waals surface area contributed by atoms with Crippen molar-refractivity contribution in [2.75, 3.05) is 5.32 Å². The summed E-state index contributed by atoms with van der Waals surface area (Å²) in [7, 11) is 0. The van der Waals surface area contributed by atoms with Crippen LogP contribution >= 0.6 is 0 Å². The van der Waals surface area contributed by atoms with E-state index in [2.05, 4.69) is 10.3 Å². The smallest absolute Gasteiger partial charge is 0.320 e. The van der Waals surface area contributed by atoms with Gasteiger partial charge in [0.15, 0.2) is 0 Å². The number of rotatable bonds is 0. The predicted molar refractivity (Wildman–Crippen MR) is 36.8 cm³/mol. The molecule has 62 valence electrons. The van der Waals surface area contributed by atoms with Crippen molar-refractivity contribution in [3.05, 3.63) is 24.0 Å². The number of carbonyl (C=O) groups is 1. The van der Waals surface area contributed by atoms with E-state index in [1.165, 1.54) is 12.3 Å². The lowest BCUT2D eigenvalue weighted by Gasteiger charge is -2.03. The van der Waals surface area contributed by atoms with Crippen LogP contribution in [0.3, 0.4) is 0 Å². The van der Waals surface area contributed by atoms with Crippen molar-refractivity contribution in [2.24, 2.45) is 0 Å². The van der Waals surface area contributed by atoms with E-state index in [-0.39, 0.29) is 11.3 Å². The van der Waals surface area contributed by atoms with Crippen molar-refractivity contribution in [3.63, 3.8) is 0 Å². The molecule has 2 rings (SSSR count). The molecule has 0 spiro atoms. The number of nitrogens with one attached hydrogen (secondary N) is 1. The normalized spacial score (nSPS) is 18.7. The van der Waals surface area contributed by atoms with Crippen LogP contribution in [0.2, 0.25) is 0 Å². The van der Waals surface area contributed by atoms with E-state index < -0.39 is 11.8 Å². The van der Waals surface area contributed by atoms with Crippen LogP contribution in [0.4, 0.5) is 14.5 Å². The molecule has 0 aromatic carbocycles. The molecule has 5 heteroatoms. The molecule has 0 atom stereocenters. The van der Waals surface area contributed by atoms with E-state index in [9.17, 15) is 13.6 Å². The molecule has 2 heterocycles. The molecule has 1 aromatic rings. The van der Waals surface area contributed by atoms with Crippen LogP contribution in [0, 0.1) is 0 Å². The van der Waals surface area contributed by atoms with E-state index in [1.54, 1.807) is 0 Å². The average Bonchev–Trinajstić information content (AvgIpc) is 2.25. The standard InChI is InChI=1S/C7H4F2N2O/c8-7(9)4-3-10-2-1-5(4)11-6(7)12/h1-3H,(H,11,12). The summed E-state index contributed by atoms with van der Waals surface area (Å²) < 4.78 is 25.8. The molecule has 12 heavy (non-hydrogen) atoms. The van der Waals surface area contributed by atoms with Crippen LogP contribution in [0.1, 0.15) is 5.56 Å². The fourth-order valence-corrected chi connectivity index (χ4v) is 1.08. The van der Waals surface area contributed by atoms with Crippen LogP contribution in [-0.2, 0) is 10.7 Å². The Kier molecular flexibility index (Phi) is 1.19. The maximum absolute atomic E-state index is 12.9. The molecule has 0 saturated carbocycles. The minimum atomic E-state index is -3.43. The van der Waals surface area contributed by atoms with Crippen molar-refractivity contribution >= 4 is 11.6 Å². The second kappa shape index (κ2) is 2.00. The SMILES string of the molecule is O=C1Nc2ccncc2C1(F)F. The van der Waals surface area contributed by atoms with Crippen molar-refractivity contribution in [2.45, 2.75) is 5.92 Å². The molecular weight excluding hydrogens is 166 g/mol. The summed E-state index contributed by atoms with van der Waals surface area (Å²) in [5, 5.41) is 2.06. The van der Waals surface area contributed by atoms with Crippen LogP contribution in [-0.4, -0.2) is 10.9 Å². The summed E-state index contributed by atoms with van der Waals surface area (Å²) >= 11 is 0. The van der Waals surface area contributed by atoms with Crippen LogP contribution in [0.15, 0.2) is 18.5 Å². The van der Waals surface area contributed by atoms with Crippen molar-refractivity contribution in [1.29, 1.82) is 0 Å². The monoisotopic (exact) mass is 170 g/mol.